The van der Waals surface area contributed by atoms with Crippen LogP contribution in [0.2, 0.25) is 0 Å². The summed E-state index contributed by atoms with van der Waals surface area (Å²) in [5.41, 5.74) is 1.40. The summed E-state index contributed by atoms with van der Waals surface area (Å²) < 4.78 is 0. The van der Waals surface area contributed by atoms with E-state index in [1.54, 1.807) is 12.3 Å². The van der Waals surface area contributed by atoms with Gasteiger partial charge in [0.1, 0.15) is 5.69 Å². The maximum absolute atomic E-state index is 11.7. The molecule has 1 aromatic rings. The highest BCUT2D eigenvalue weighted by molar-refractivity contribution is 5.92. The Hall–Kier alpha value is -1.58. The number of carbonyl (C=O) groups excluding carboxylic acids is 1. The molecule has 4 heteroatoms. The average Bonchev–Trinajstić information content (AvgIpc) is 2.23. The maximum atomic E-state index is 11.7. The van der Waals surface area contributed by atoms with Crippen LogP contribution < -0.4 is 10.6 Å². The monoisotopic (exact) mass is 205 g/mol. The lowest BCUT2D eigenvalue weighted by molar-refractivity contribution is 0.0912. The summed E-state index contributed by atoms with van der Waals surface area (Å²) in [4.78, 5) is 15.7. The largest absolute Gasteiger partial charge is 0.387 e. The van der Waals surface area contributed by atoms with E-state index in [9.17, 15) is 4.79 Å². The first-order valence-corrected chi connectivity index (χ1v) is 5.24. The minimum atomic E-state index is -0.0673. The molecule has 1 aromatic heterocycles. The van der Waals surface area contributed by atoms with Gasteiger partial charge < -0.3 is 10.6 Å². The Labute approximate surface area is 89.1 Å². The number of pyridine rings is 1. The Morgan fingerprint density at radius 1 is 1.47 bits per heavy atom. The highest BCUT2D eigenvalue weighted by Gasteiger charge is 2.20. The summed E-state index contributed by atoms with van der Waals surface area (Å²) in [6.45, 7) is 0. The van der Waals surface area contributed by atoms with E-state index >= 15 is 0 Å². The molecule has 0 bridgehead atoms. The number of aromatic nitrogens is 1. The van der Waals surface area contributed by atoms with Crippen LogP contribution in [0.5, 0.6) is 0 Å². The fourth-order valence-electron chi connectivity index (χ4n) is 1.49. The number of nitrogens with zero attached hydrogens (tertiary/aromatic N) is 1. The van der Waals surface area contributed by atoms with Crippen LogP contribution in [0.4, 0.5) is 5.69 Å². The van der Waals surface area contributed by atoms with Crippen LogP contribution in [0.1, 0.15) is 29.8 Å². The van der Waals surface area contributed by atoms with Crippen LogP contribution in [-0.4, -0.2) is 24.0 Å². The number of carbonyl (C=O) groups is 1. The third-order valence-corrected chi connectivity index (χ3v) is 2.73. The van der Waals surface area contributed by atoms with Crippen LogP contribution in [0.25, 0.3) is 0 Å². The molecule has 1 heterocycles. The van der Waals surface area contributed by atoms with Crippen molar-refractivity contribution in [3.63, 3.8) is 0 Å². The Kier molecular flexibility index (Phi) is 2.85. The van der Waals surface area contributed by atoms with Crippen molar-refractivity contribution in [2.75, 3.05) is 12.4 Å². The molecule has 80 valence electrons. The molecule has 0 radical (unpaired) electrons. The first-order valence-electron chi connectivity index (χ1n) is 5.24. The van der Waals surface area contributed by atoms with Gasteiger partial charge in [-0.3, -0.25) is 4.79 Å². The number of rotatable bonds is 3. The average molecular weight is 205 g/mol. The van der Waals surface area contributed by atoms with Crippen molar-refractivity contribution >= 4 is 11.6 Å². The summed E-state index contributed by atoms with van der Waals surface area (Å²) >= 11 is 0. The molecule has 1 amide bonds. The third-order valence-electron chi connectivity index (χ3n) is 2.73. The van der Waals surface area contributed by atoms with Crippen molar-refractivity contribution in [1.29, 1.82) is 0 Å². The maximum Gasteiger partial charge on any atom is 0.270 e. The van der Waals surface area contributed by atoms with Crippen LogP contribution in [0, 0.1) is 0 Å². The van der Waals surface area contributed by atoms with Crippen molar-refractivity contribution in [3.05, 3.63) is 24.0 Å². The van der Waals surface area contributed by atoms with E-state index in [4.69, 9.17) is 0 Å². The summed E-state index contributed by atoms with van der Waals surface area (Å²) in [7, 11) is 1.82. The Bertz CT molecular complexity index is 343. The number of nitrogens with one attached hydrogen (secondary N) is 2. The van der Waals surface area contributed by atoms with Crippen LogP contribution >= 0.6 is 0 Å². The van der Waals surface area contributed by atoms with Crippen molar-refractivity contribution in [2.45, 2.75) is 25.3 Å². The highest BCUT2D eigenvalue weighted by Crippen LogP contribution is 2.18. The molecule has 1 aliphatic carbocycles. The van der Waals surface area contributed by atoms with Gasteiger partial charge in [0, 0.05) is 13.1 Å². The van der Waals surface area contributed by atoms with E-state index in [0.717, 1.165) is 18.5 Å². The smallest absolute Gasteiger partial charge is 0.270 e. The molecule has 0 saturated heterocycles. The van der Waals surface area contributed by atoms with Gasteiger partial charge in [-0.15, -0.1) is 0 Å². The summed E-state index contributed by atoms with van der Waals surface area (Å²) in [6, 6.07) is 3.95. The van der Waals surface area contributed by atoms with Gasteiger partial charge in [-0.1, -0.05) is 0 Å². The van der Waals surface area contributed by atoms with Gasteiger partial charge in [0.15, 0.2) is 0 Å². The Balaban J connectivity index is 1.98. The second kappa shape index (κ2) is 4.29. The number of hydrogen-bond acceptors (Lipinski definition) is 3. The molecule has 1 saturated carbocycles. The standard InChI is InChI=1S/C11H15N3O/c1-12-9-5-6-10(13-7-9)11(15)14-8-3-2-4-8/h5-8,12H,2-4H2,1H3,(H,14,15). The molecule has 0 spiro atoms. The van der Waals surface area contributed by atoms with E-state index in [1.807, 2.05) is 13.1 Å². The molecule has 0 atom stereocenters. The molecule has 0 aromatic carbocycles. The molecule has 2 N–H and O–H groups in total. The normalized spacial score (nSPS) is 15.5. The van der Waals surface area contributed by atoms with E-state index in [2.05, 4.69) is 15.6 Å². The summed E-state index contributed by atoms with van der Waals surface area (Å²) in [5, 5.41) is 5.91. The second-order valence-electron chi connectivity index (χ2n) is 3.78. The second-order valence-corrected chi connectivity index (χ2v) is 3.78. The van der Waals surface area contributed by atoms with Crippen molar-refractivity contribution in [2.24, 2.45) is 0 Å². The van der Waals surface area contributed by atoms with Crippen molar-refractivity contribution in [1.82, 2.24) is 10.3 Å². The van der Waals surface area contributed by atoms with Gasteiger partial charge in [-0.05, 0) is 31.4 Å². The van der Waals surface area contributed by atoms with E-state index in [1.165, 1.54) is 6.42 Å². The van der Waals surface area contributed by atoms with Crippen LogP contribution in [0.3, 0.4) is 0 Å². The first kappa shape index (κ1) is 9.96. The quantitative estimate of drug-likeness (QED) is 0.784. The van der Waals surface area contributed by atoms with Crippen molar-refractivity contribution < 1.29 is 4.79 Å². The number of anilines is 1. The van der Waals surface area contributed by atoms with Crippen molar-refractivity contribution in [3.8, 4) is 0 Å². The molecule has 0 aliphatic heterocycles. The van der Waals surface area contributed by atoms with Gasteiger partial charge in [0.05, 0.1) is 11.9 Å². The highest BCUT2D eigenvalue weighted by atomic mass is 16.1. The van der Waals surface area contributed by atoms with Crippen LogP contribution in [0.15, 0.2) is 18.3 Å². The topological polar surface area (TPSA) is 54.0 Å². The molecule has 1 aliphatic rings. The predicted molar refractivity (Wildman–Crippen MR) is 58.9 cm³/mol. The first-order chi connectivity index (χ1) is 7.29. The zero-order valence-corrected chi connectivity index (χ0v) is 8.79. The molecular weight excluding hydrogens is 190 g/mol. The van der Waals surface area contributed by atoms with Gasteiger partial charge >= 0.3 is 0 Å². The lowest BCUT2D eigenvalue weighted by atomic mass is 9.93. The number of amides is 1. The van der Waals surface area contributed by atoms with E-state index in [-0.39, 0.29) is 5.91 Å². The number of hydrogen-bond donors (Lipinski definition) is 2. The lowest BCUT2D eigenvalue weighted by Crippen LogP contribution is -2.39. The SMILES string of the molecule is CNc1ccc(C(=O)NC2CCC2)nc1. The summed E-state index contributed by atoms with van der Waals surface area (Å²) in [5.74, 6) is -0.0673. The zero-order valence-electron chi connectivity index (χ0n) is 8.79. The van der Waals surface area contributed by atoms with Crippen LogP contribution in [-0.2, 0) is 0 Å². The van der Waals surface area contributed by atoms with Gasteiger partial charge in [0.25, 0.3) is 5.91 Å². The Morgan fingerprint density at radius 2 is 2.27 bits per heavy atom. The lowest BCUT2D eigenvalue weighted by Gasteiger charge is -2.26. The molecule has 4 nitrogen and oxygen atoms in total. The molecule has 0 unspecified atom stereocenters. The van der Waals surface area contributed by atoms with E-state index in [0.29, 0.717) is 11.7 Å². The molecule has 2 rings (SSSR count). The minimum absolute atomic E-state index is 0.0673. The van der Waals surface area contributed by atoms with Gasteiger partial charge in [-0.25, -0.2) is 4.98 Å². The fraction of sp³-hybridized carbons (Fsp3) is 0.455. The zero-order chi connectivity index (χ0) is 10.7. The fourth-order valence-corrected chi connectivity index (χ4v) is 1.49. The molecule has 1 fully saturated rings. The molecular formula is C11H15N3O. The molecule has 15 heavy (non-hydrogen) atoms. The minimum Gasteiger partial charge on any atom is -0.387 e. The summed E-state index contributed by atoms with van der Waals surface area (Å²) in [6.07, 6.45) is 5.08. The van der Waals surface area contributed by atoms with Gasteiger partial charge in [0.2, 0.25) is 0 Å². The van der Waals surface area contributed by atoms with E-state index < -0.39 is 0 Å². The predicted octanol–water partition coefficient (Wildman–Crippen LogP) is 1.41. The van der Waals surface area contributed by atoms with Gasteiger partial charge in [-0.2, -0.15) is 0 Å². The Morgan fingerprint density at radius 3 is 2.73 bits per heavy atom. The third kappa shape index (κ3) is 2.26.